The van der Waals surface area contributed by atoms with E-state index in [1.54, 1.807) is 30.3 Å². The molecule has 3 rings (SSSR count). The summed E-state index contributed by atoms with van der Waals surface area (Å²) in [6.07, 6.45) is 0. The Balaban J connectivity index is 1.42. The zero-order valence-electron chi connectivity index (χ0n) is 12.9. The SMILES string of the molecule is O=C(COc1ccc2c(c1)OCO2)NNC(=S)Nc1ccccc1F. The number of para-hydroxylation sites is 1. The number of halogens is 1. The lowest BCUT2D eigenvalue weighted by Gasteiger charge is -2.12. The average Bonchev–Trinajstić information content (AvgIpc) is 3.08. The molecule has 0 unspecified atom stereocenters. The molecular weight excluding hydrogens is 349 g/mol. The Kier molecular flexibility index (Phi) is 5.14. The van der Waals surface area contributed by atoms with Gasteiger partial charge < -0.3 is 19.5 Å². The number of carbonyl (C=O) groups excluding carboxylic acids is 1. The van der Waals surface area contributed by atoms with E-state index in [9.17, 15) is 9.18 Å². The molecule has 1 aliphatic rings. The molecule has 0 atom stereocenters. The molecule has 2 aromatic rings. The highest BCUT2D eigenvalue weighted by Crippen LogP contribution is 2.34. The number of nitrogens with one attached hydrogen (secondary N) is 3. The first-order valence-corrected chi connectivity index (χ1v) is 7.65. The van der Waals surface area contributed by atoms with Crippen molar-refractivity contribution in [2.75, 3.05) is 18.7 Å². The third-order valence-electron chi connectivity index (χ3n) is 3.15. The lowest BCUT2D eigenvalue weighted by Crippen LogP contribution is -2.45. The van der Waals surface area contributed by atoms with Crippen molar-refractivity contribution >= 4 is 28.9 Å². The van der Waals surface area contributed by atoms with E-state index in [2.05, 4.69) is 16.2 Å². The molecule has 7 nitrogen and oxygen atoms in total. The molecule has 25 heavy (non-hydrogen) atoms. The van der Waals surface area contributed by atoms with Gasteiger partial charge in [-0.05, 0) is 36.5 Å². The van der Waals surface area contributed by atoms with Crippen LogP contribution in [0.5, 0.6) is 17.2 Å². The first kappa shape index (κ1) is 16.8. The van der Waals surface area contributed by atoms with Crippen molar-refractivity contribution in [3.63, 3.8) is 0 Å². The topological polar surface area (TPSA) is 80.9 Å². The molecule has 1 amide bonds. The number of rotatable bonds is 4. The van der Waals surface area contributed by atoms with Crippen molar-refractivity contribution in [2.24, 2.45) is 0 Å². The van der Waals surface area contributed by atoms with E-state index < -0.39 is 11.7 Å². The quantitative estimate of drug-likeness (QED) is 0.566. The van der Waals surface area contributed by atoms with Crippen molar-refractivity contribution in [2.45, 2.75) is 0 Å². The summed E-state index contributed by atoms with van der Waals surface area (Å²) in [5, 5.41) is 2.67. The summed E-state index contributed by atoms with van der Waals surface area (Å²) >= 11 is 4.97. The fourth-order valence-electron chi connectivity index (χ4n) is 1.99. The van der Waals surface area contributed by atoms with Gasteiger partial charge >= 0.3 is 0 Å². The smallest absolute Gasteiger partial charge is 0.276 e. The Morgan fingerprint density at radius 3 is 2.80 bits per heavy atom. The third-order valence-corrected chi connectivity index (χ3v) is 3.36. The van der Waals surface area contributed by atoms with Crippen LogP contribution < -0.4 is 30.4 Å². The molecule has 0 aromatic heterocycles. The number of amides is 1. The summed E-state index contributed by atoms with van der Waals surface area (Å²) < 4.78 is 29.2. The molecule has 0 radical (unpaired) electrons. The van der Waals surface area contributed by atoms with Crippen molar-refractivity contribution in [1.82, 2.24) is 10.9 Å². The molecule has 0 saturated carbocycles. The second kappa shape index (κ2) is 7.67. The van der Waals surface area contributed by atoms with E-state index in [4.69, 9.17) is 26.4 Å². The number of hydrogen-bond donors (Lipinski definition) is 3. The minimum Gasteiger partial charge on any atom is -0.484 e. The van der Waals surface area contributed by atoms with Gasteiger partial charge in [-0.2, -0.15) is 0 Å². The maximum Gasteiger partial charge on any atom is 0.276 e. The maximum absolute atomic E-state index is 13.5. The van der Waals surface area contributed by atoms with Crippen LogP contribution >= 0.6 is 12.2 Å². The molecule has 1 aliphatic heterocycles. The number of thiocarbonyl (C=S) groups is 1. The number of hydrazine groups is 1. The molecular formula is C16H14FN3O4S. The van der Waals surface area contributed by atoms with E-state index in [0.717, 1.165) is 0 Å². The van der Waals surface area contributed by atoms with Gasteiger partial charge in [-0.25, -0.2) is 4.39 Å². The van der Waals surface area contributed by atoms with Crippen molar-refractivity contribution in [3.05, 3.63) is 48.3 Å². The van der Waals surface area contributed by atoms with Gasteiger partial charge in [-0.1, -0.05) is 12.1 Å². The van der Waals surface area contributed by atoms with Crippen LogP contribution in [-0.4, -0.2) is 24.4 Å². The summed E-state index contributed by atoms with van der Waals surface area (Å²) in [6, 6.07) is 11.0. The Hall–Kier alpha value is -3.07. The second-order valence-corrected chi connectivity index (χ2v) is 5.32. The van der Waals surface area contributed by atoms with Gasteiger partial charge in [-0.3, -0.25) is 15.6 Å². The van der Waals surface area contributed by atoms with Crippen molar-refractivity contribution < 1.29 is 23.4 Å². The molecule has 0 fully saturated rings. The zero-order chi connectivity index (χ0) is 17.6. The Labute approximate surface area is 148 Å². The Bertz CT molecular complexity index is 803. The van der Waals surface area contributed by atoms with E-state index in [-0.39, 0.29) is 24.2 Å². The van der Waals surface area contributed by atoms with E-state index in [0.29, 0.717) is 17.2 Å². The predicted molar refractivity (Wildman–Crippen MR) is 92.0 cm³/mol. The van der Waals surface area contributed by atoms with Crippen molar-refractivity contribution in [3.8, 4) is 17.2 Å². The van der Waals surface area contributed by atoms with Crippen LogP contribution in [0.2, 0.25) is 0 Å². The second-order valence-electron chi connectivity index (χ2n) is 4.91. The fourth-order valence-corrected chi connectivity index (χ4v) is 2.16. The largest absolute Gasteiger partial charge is 0.484 e. The number of hydrogen-bond acceptors (Lipinski definition) is 5. The van der Waals surface area contributed by atoms with Gasteiger partial charge in [0.15, 0.2) is 23.2 Å². The van der Waals surface area contributed by atoms with Crippen LogP contribution in [0.15, 0.2) is 42.5 Å². The maximum atomic E-state index is 13.5. The van der Waals surface area contributed by atoms with Crippen LogP contribution in [0.4, 0.5) is 10.1 Å². The van der Waals surface area contributed by atoms with Crippen LogP contribution in [0.1, 0.15) is 0 Å². The zero-order valence-corrected chi connectivity index (χ0v) is 13.7. The third kappa shape index (κ3) is 4.48. The van der Waals surface area contributed by atoms with Gasteiger partial charge in [0.2, 0.25) is 6.79 Å². The predicted octanol–water partition coefficient (Wildman–Crippen LogP) is 1.95. The van der Waals surface area contributed by atoms with Crippen LogP contribution in [0, 0.1) is 5.82 Å². The first-order chi connectivity index (χ1) is 12.1. The van der Waals surface area contributed by atoms with Gasteiger partial charge in [0.05, 0.1) is 5.69 Å². The summed E-state index contributed by atoms with van der Waals surface area (Å²) in [6.45, 7) is -0.0788. The van der Waals surface area contributed by atoms with Gasteiger partial charge in [0.25, 0.3) is 5.91 Å². The Morgan fingerprint density at radius 1 is 1.16 bits per heavy atom. The summed E-state index contributed by atoms with van der Waals surface area (Å²) in [7, 11) is 0. The van der Waals surface area contributed by atoms with Crippen LogP contribution in [0.3, 0.4) is 0 Å². The standard InChI is InChI=1S/C16H14FN3O4S/c17-11-3-1-2-4-12(11)18-16(25)20-19-15(21)8-22-10-5-6-13-14(7-10)24-9-23-13/h1-7H,8-9H2,(H,19,21)(H2,18,20,25). The average molecular weight is 363 g/mol. The fraction of sp³-hybridized carbons (Fsp3) is 0.125. The molecule has 0 spiro atoms. The van der Waals surface area contributed by atoms with E-state index in [1.807, 2.05) is 0 Å². The molecule has 2 aromatic carbocycles. The number of benzene rings is 2. The molecule has 3 N–H and O–H groups in total. The highest BCUT2D eigenvalue weighted by Gasteiger charge is 2.14. The van der Waals surface area contributed by atoms with Crippen LogP contribution in [0.25, 0.3) is 0 Å². The van der Waals surface area contributed by atoms with E-state index >= 15 is 0 Å². The molecule has 0 aliphatic carbocycles. The normalized spacial score (nSPS) is 11.6. The van der Waals surface area contributed by atoms with Gasteiger partial charge in [0, 0.05) is 6.07 Å². The molecule has 0 bridgehead atoms. The highest BCUT2D eigenvalue weighted by atomic mass is 32.1. The highest BCUT2D eigenvalue weighted by molar-refractivity contribution is 7.80. The molecule has 1 heterocycles. The first-order valence-electron chi connectivity index (χ1n) is 7.24. The molecule has 130 valence electrons. The monoisotopic (exact) mass is 363 g/mol. The number of ether oxygens (including phenoxy) is 3. The van der Waals surface area contributed by atoms with E-state index in [1.165, 1.54) is 12.1 Å². The molecule has 9 heteroatoms. The molecule has 0 saturated heterocycles. The lowest BCUT2D eigenvalue weighted by molar-refractivity contribution is -0.123. The van der Waals surface area contributed by atoms with Gasteiger partial charge in [-0.15, -0.1) is 0 Å². The summed E-state index contributed by atoms with van der Waals surface area (Å²) in [5.41, 5.74) is 5.01. The number of anilines is 1. The minimum absolute atomic E-state index is 0.0431. The number of fused-ring (bicyclic) bond motifs is 1. The summed E-state index contributed by atoms with van der Waals surface area (Å²) in [5.74, 6) is 0.736. The minimum atomic E-state index is -0.463. The van der Waals surface area contributed by atoms with Gasteiger partial charge in [0.1, 0.15) is 11.6 Å². The lowest BCUT2D eigenvalue weighted by atomic mass is 10.3. The number of carbonyl (C=O) groups is 1. The summed E-state index contributed by atoms with van der Waals surface area (Å²) in [4.78, 5) is 11.8. The van der Waals surface area contributed by atoms with Crippen LogP contribution in [-0.2, 0) is 4.79 Å². The Morgan fingerprint density at radius 2 is 1.96 bits per heavy atom. The van der Waals surface area contributed by atoms with Crippen molar-refractivity contribution in [1.29, 1.82) is 0 Å².